The molecule has 3 N–H and O–H groups in total. The van der Waals surface area contributed by atoms with Gasteiger partial charge < -0.3 is 14.9 Å². The smallest absolute Gasteiger partial charge is 0.239 e. The van der Waals surface area contributed by atoms with Crippen molar-refractivity contribution in [2.24, 2.45) is 0 Å². The Labute approximate surface area is 123 Å². The number of carbonyl (C=O) groups is 1. The molecule has 22 heavy (non-hydrogen) atoms. The largest absolute Gasteiger partial charge is 0.504 e. The van der Waals surface area contributed by atoms with E-state index in [0.29, 0.717) is 11.7 Å². The van der Waals surface area contributed by atoms with Crippen LogP contribution in [-0.4, -0.2) is 41.3 Å². The number of hydrogen-bond donors (Lipinski definition) is 3. The van der Waals surface area contributed by atoms with Crippen LogP contribution in [0.25, 0.3) is 11.6 Å². The fraction of sp³-hybridized carbons (Fsp3) is 0.167. The van der Waals surface area contributed by atoms with Crippen molar-refractivity contribution < 1.29 is 14.4 Å². The third kappa shape index (κ3) is 3.06. The lowest BCUT2D eigenvalue weighted by atomic mass is 10.3. The summed E-state index contributed by atoms with van der Waals surface area (Å²) in [7, 11) is 0. The van der Waals surface area contributed by atoms with Crippen LogP contribution in [0.4, 0.5) is 5.82 Å². The monoisotopic (exact) mass is 301 g/mol. The zero-order valence-electron chi connectivity index (χ0n) is 11.2. The molecule has 3 aromatic rings. The maximum atomic E-state index is 11.8. The lowest BCUT2D eigenvalue weighted by molar-refractivity contribution is -0.116. The molecule has 0 saturated carbocycles. The molecule has 3 heterocycles. The Hall–Kier alpha value is -3.30. The SMILES string of the molecule is O=C(CCc1nc(-c2ncn[nH]2)no1)Nc1ncccc1O. The third-order valence-electron chi connectivity index (χ3n) is 2.71. The predicted molar refractivity (Wildman–Crippen MR) is 72.5 cm³/mol. The van der Waals surface area contributed by atoms with Gasteiger partial charge in [-0.3, -0.25) is 9.89 Å². The van der Waals surface area contributed by atoms with Crippen molar-refractivity contribution in [1.29, 1.82) is 0 Å². The van der Waals surface area contributed by atoms with E-state index in [2.05, 4.69) is 35.6 Å². The van der Waals surface area contributed by atoms with Gasteiger partial charge in [-0.1, -0.05) is 5.16 Å². The molecule has 0 aliphatic heterocycles. The minimum Gasteiger partial charge on any atom is -0.504 e. The lowest BCUT2D eigenvalue weighted by Crippen LogP contribution is -2.13. The van der Waals surface area contributed by atoms with Gasteiger partial charge in [-0.25, -0.2) is 9.97 Å². The second kappa shape index (κ2) is 5.99. The van der Waals surface area contributed by atoms with Gasteiger partial charge >= 0.3 is 0 Å². The molecule has 0 unspecified atom stereocenters. The first-order valence-electron chi connectivity index (χ1n) is 6.34. The topological polar surface area (TPSA) is 143 Å². The standard InChI is InChI=1S/C12H11N7O3/c20-7-2-1-5-13-10(7)16-8(21)3-4-9-17-12(19-22-9)11-14-6-15-18-11/h1-2,5-6,20H,3-4H2,(H,13,16,21)(H,14,15,18). The maximum Gasteiger partial charge on any atom is 0.239 e. The van der Waals surface area contributed by atoms with Gasteiger partial charge in [-0.2, -0.15) is 10.1 Å². The minimum absolute atomic E-state index is 0.0961. The Morgan fingerprint density at radius 1 is 1.41 bits per heavy atom. The van der Waals surface area contributed by atoms with Crippen LogP contribution in [0.15, 0.2) is 29.2 Å². The van der Waals surface area contributed by atoms with Crippen LogP contribution in [0.5, 0.6) is 5.75 Å². The Balaban J connectivity index is 1.56. The number of aromatic nitrogens is 6. The van der Waals surface area contributed by atoms with E-state index in [1.54, 1.807) is 6.07 Å². The number of amides is 1. The first-order chi connectivity index (χ1) is 10.7. The molecule has 3 rings (SSSR count). The highest BCUT2D eigenvalue weighted by atomic mass is 16.5. The molecule has 10 heteroatoms. The second-order valence-electron chi connectivity index (χ2n) is 4.27. The highest BCUT2D eigenvalue weighted by Gasteiger charge is 2.13. The van der Waals surface area contributed by atoms with Gasteiger partial charge in [0.2, 0.25) is 17.6 Å². The molecule has 10 nitrogen and oxygen atoms in total. The zero-order chi connectivity index (χ0) is 15.4. The third-order valence-corrected chi connectivity index (χ3v) is 2.71. The molecule has 0 aromatic carbocycles. The molecular weight excluding hydrogens is 290 g/mol. The van der Waals surface area contributed by atoms with Crippen molar-refractivity contribution in [1.82, 2.24) is 30.3 Å². The summed E-state index contributed by atoms with van der Waals surface area (Å²) < 4.78 is 5.02. The van der Waals surface area contributed by atoms with Crippen molar-refractivity contribution in [3.8, 4) is 17.4 Å². The van der Waals surface area contributed by atoms with E-state index in [-0.39, 0.29) is 36.1 Å². The first-order valence-corrected chi connectivity index (χ1v) is 6.34. The highest BCUT2D eigenvalue weighted by Crippen LogP contribution is 2.18. The van der Waals surface area contributed by atoms with E-state index in [1.807, 2.05) is 0 Å². The molecule has 0 saturated heterocycles. The summed E-state index contributed by atoms with van der Waals surface area (Å²) in [6.45, 7) is 0. The summed E-state index contributed by atoms with van der Waals surface area (Å²) in [5.74, 6) is 0.648. The second-order valence-corrected chi connectivity index (χ2v) is 4.27. The highest BCUT2D eigenvalue weighted by molar-refractivity contribution is 5.91. The van der Waals surface area contributed by atoms with Gasteiger partial charge in [-0.15, -0.1) is 0 Å². The number of hydrogen-bond acceptors (Lipinski definition) is 8. The fourth-order valence-electron chi connectivity index (χ4n) is 1.67. The van der Waals surface area contributed by atoms with Crippen LogP contribution in [-0.2, 0) is 11.2 Å². The van der Waals surface area contributed by atoms with Crippen LogP contribution in [0, 0.1) is 0 Å². The summed E-state index contributed by atoms with van der Waals surface area (Å²) >= 11 is 0. The summed E-state index contributed by atoms with van der Waals surface area (Å²) in [6.07, 6.45) is 3.16. The normalized spacial score (nSPS) is 10.5. The molecule has 0 aliphatic carbocycles. The Morgan fingerprint density at radius 2 is 2.32 bits per heavy atom. The van der Waals surface area contributed by atoms with Gasteiger partial charge in [-0.05, 0) is 12.1 Å². The van der Waals surface area contributed by atoms with Crippen LogP contribution in [0.2, 0.25) is 0 Å². The zero-order valence-corrected chi connectivity index (χ0v) is 11.2. The Morgan fingerprint density at radius 3 is 3.09 bits per heavy atom. The molecule has 0 bridgehead atoms. The average molecular weight is 301 g/mol. The lowest BCUT2D eigenvalue weighted by Gasteiger charge is -2.04. The van der Waals surface area contributed by atoms with Gasteiger partial charge in [0.1, 0.15) is 6.33 Å². The number of H-pyrrole nitrogens is 1. The molecule has 3 aromatic heterocycles. The number of rotatable bonds is 5. The van der Waals surface area contributed by atoms with E-state index in [1.165, 1.54) is 18.6 Å². The summed E-state index contributed by atoms with van der Waals surface area (Å²) in [6, 6.07) is 3.00. The molecule has 0 radical (unpaired) electrons. The van der Waals surface area contributed by atoms with E-state index < -0.39 is 0 Å². The van der Waals surface area contributed by atoms with Gasteiger partial charge in [0, 0.05) is 19.0 Å². The van der Waals surface area contributed by atoms with Crippen molar-refractivity contribution in [2.45, 2.75) is 12.8 Å². The van der Waals surface area contributed by atoms with E-state index in [9.17, 15) is 9.90 Å². The minimum atomic E-state index is -0.326. The van der Waals surface area contributed by atoms with Gasteiger partial charge in [0.25, 0.3) is 0 Å². The van der Waals surface area contributed by atoms with Crippen molar-refractivity contribution in [3.63, 3.8) is 0 Å². The number of anilines is 1. The molecule has 0 fully saturated rings. The molecule has 0 atom stereocenters. The predicted octanol–water partition coefficient (Wildman–Crippen LogP) is 0.527. The number of aromatic hydroxyl groups is 1. The summed E-state index contributed by atoms with van der Waals surface area (Å²) in [5, 5.41) is 22.0. The van der Waals surface area contributed by atoms with Crippen molar-refractivity contribution in [3.05, 3.63) is 30.5 Å². The van der Waals surface area contributed by atoms with Crippen LogP contribution < -0.4 is 5.32 Å². The van der Waals surface area contributed by atoms with Crippen LogP contribution >= 0.6 is 0 Å². The number of aromatic amines is 1. The van der Waals surface area contributed by atoms with E-state index >= 15 is 0 Å². The van der Waals surface area contributed by atoms with Crippen molar-refractivity contribution >= 4 is 11.7 Å². The number of carbonyl (C=O) groups excluding carboxylic acids is 1. The average Bonchev–Trinajstić information content (AvgIpc) is 3.18. The first kappa shape index (κ1) is 13.7. The molecular formula is C12H11N7O3. The fourth-order valence-corrected chi connectivity index (χ4v) is 1.67. The summed E-state index contributed by atoms with van der Waals surface area (Å²) in [5.41, 5.74) is 0. The van der Waals surface area contributed by atoms with E-state index in [4.69, 9.17) is 4.52 Å². The van der Waals surface area contributed by atoms with Crippen molar-refractivity contribution in [2.75, 3.05) is 5.32 Å². The number of nitrogens with zero attached hydrogens (tertiary/aromatic N) is 5. The number of nitrogens with one attached hydrogen (secondary N) is 2. The van der Waals surface area contributed by atoms with Crippen LogP contribution in [0.3, 0.4) is 0 Å². The molecule has 0 aliphatic rings. The number of aryl methyl sites for hydroxylation is 1. The van der Waals surface area contributed by atoms with Gasteiger partial charge in [0.05, 0.1) is 0 Å². The Bertz CT molecular complexity index is 769. The molecule has 0 spiro atoms. The molecule has 112 valence electrons. The Kier molecular flexibility index (Phi) is 3.72. The maximum absolute atomic E-state index is 11.8. The van der Waals surface area contributed by atoms with Crippen LogP contribution in [0.1, 0.15) is 12.3 Å². The van der Waals surface area contributed by atoms with E-state index in [0.717, 1.165) is 0 Å². The quantitative estimate of drug-likeness (QED) is 0.619. The molecule has 1 amide bonds. The number of pyridine rings is 1. The van der Waals surface area contributed by atoms with Gasteiger partial charge in [0.15, 0.2) is 17.4 Å². The summed E-state index contributed by atoms with van der Waals surface area (Å²) in [4.78, 5) is 23.6.